The van der Waals surface area contributed by atoms with E-state index in [9.17, 15) is 4.79 Å². The highest BCUT2D eigenvalue weighted by molar-refractivity contribution is 6.20. The van der Waals surface area contributed by atoms with Gasteiger partial charge >= 0.3 is 0 Å². The monoisotopic (exact) mass is 219 g/mol. The minimum absolute atomic E-state index is 0.0854. The molecular weight excluding hydrogens is 202 g/mol. The van der Waals surface area contributed by atoms with Gasteiger partial charge in [0.05, 0.1) is 6.10 Å². The van der Waals surface area contributed by atoms with Gasteiger partial charge in [0, 0.05) is 18.5 Å². The van der Waals surface area contributed by atoms with E-state index in [2.05, 4.69) is 0 Å². The number of piperidine rings is 1. The molecule has 1 amide bonds. The number of hydrogen-bond acceptors (Lipinski definition) is 2. The molecule has 1 saturated heterocycles. The fourth-order valence-electron chi connectivity index (χ4n) is 1.43. The Morgan fingerprint density at radius 2 is 2.07 bits per heavy atom. The molecule has 0 N–H and O–H groups in total. The van der Waals surface area contributed by atoms with Crippen LogP contribution in [0.15, 0.2) is 0 Å². The van der Waals surface area contributed by atoms with Crippen LogP contribution in [-0.4, -0.2) is 42.0 Å². The Balaban J connectivity index is 2.24. The molecule has 3 nitrogen and oxygen atoms in total. The smallest absolute Gasteiger partial charge is 0.248 e. The lowest BCUT2D eigenvalue weighted by Crippen LogP contribution is -2.41. The first-order chi connectivity index (χ1) is 6.59. The summed E-state index contributed by atoms with van der Waals surface area (Å²) in [7, 11) is 0. The van der Waals surface area contributed by atoms with Crippen molar-refractivity contribution >= 4 is 17.5 Å². The Bertz CT molecular complexity index is 189. The molecule has 1 fully saturated rings. The molecule has 0 aromatic heterocycles. The maximum atomic E-state index is 11.6. The molecule has 4 heteroatoms. The number of hydrogen-bond donors (Lipinski definition) is 0. The molecule has 14 heavy (non-hydrogen) atoms. The van der Waals surface area contributed by atoms with E-state index in [0.717, 1.165) is 25.9 Å². The van der Waals surface area contributed by atoms with E-state index < -0.39 is 0 Å². The summed E-state index contributed by atoms with van der Waals surface area (Å²) >= 11 is 5.94. The molecule has 1 aliphatic heterocycles. The Kier molecular flexibility index (Phi) is 4.69. The molecule has 0 aromatic rings. The van der Waals surface area contributed by atoms with E-state index in [1.165, 1.54) is 0 Å². The number of nitrogens with zero attached hydrogens (tertiary/aromatic N) is 1. The first-order valence-electron chi connectivity index (χ1n) is 5.13. The second kappa shape index (κ2) is 5.56. The van der Waals surface area contributed by atoms with Crippen LogP contribution in [0.5, 0.6) is 0 Å². The lowest BCUT2D eigenvalue weighted by atomic mass is 10.1. The minimum Gasteiger partial charge on any atom is -0.369 e. The standard InChI is InChI=1S/C10H18ClNO2/c1-8(2)14-7-10(13)12-5-3-9(11)4-6-12/h8-9H,3-7H2,1-2H3. The predicted molar refractivity (Wildman–Crippen MR) is 56.5 cm³/mol. The zero-order valence-electron chi connectivity index (χ0n) is 8.83. The minimum atomic E-state index is 0.0854. The number of rotatable bonds is 3. The van der Waals surface area contributed by atoms with Crippen molar-refractivity contribution in [1.82, 2.24) is 4.90 Å². The summed E-state index contributed by atoms with van der Waals surface area (Å²) in [4.78, 5) is 13.4. The van der Waals surface area contributed by atoms with Gasteiger partial charge in [-0.25, -0.2) is 0 Å². The fraction of sp³-hybridized carbons (Fsp3) is 0.900. The molecule has 0 spiro atoms. The molecule has 1 heterocycles. The number of carbonyl (C=O) groups excluding carboxylic acids is 1. The molecule has 0 aromatic carbocycles. The second-order valence-electron chi connectivity index (χ2n) is 3.92. The summed E-state index contributed by atoms with van der Waals surface area (Å²) in [6.45, 7) is 5.60. The third-order valence-electron chi connectivity index (χ3n) is 2.32. The van der Waals surface area contributed by atoms with Gasteiger partial charge in [0.1, 0.15) is 6.61 Å². The van der Waals surface area contributed by atoms with Gasteiger partial charge < -0.3 is 9.64 Å². The Morgan fingerprint density at radius 3 is 2.57 bits per heavy atom. The number of carbonyl (C=O) groups is 1. The van der Waals surface area contributed by atoms with Crippen LogP contribution in [0.25, 0.3) is 0 Å². The molecule has 0 radical (unpaired) electrons. The zero-order valence-corrected chi connectivity index (χ0v) is 9.59. The number of amides is 1. The Hall–Kier alpha value is -0.280. The zero-order chi connectivity index (χ0) is 10.6. The predicted octanol–water partition coefficient (Wildman–Crippen LogP) is 1.64. The van der Waals surface area contributed by atoms with E-state index >= 15 is 0 Å². The van der Waals surface area contributed by atoms with Crippen molar-refractivity contribution in [2.24, 2.45) is 0 Å². The van der Waals surface area contributed by atoms with Crippen LogP contribution in [0, 0.1) is 0 Å². The number of ether oxygens (including phenoxy) is 1. The quantitative estimate of drug-likeness (QED) is 0.676. The normalized spacial score (nSPS) is 19.0. The average molecular weight is 220 g/mol. The van der Waals surface area contributed by atoms with Crippen molar-refractivity contribution in [3.63, 3.8) is 0 Å². The molecule has 0 atom stereocenters. The van der Waals surface area contributed by atoms with Crippen LogP contribution in [0.4, 0.5) is 0 Å². The molecule has 0 unspecified atom stereocenters. The number of alkyl halides is 1. The Morgan fingerprint density at radius 1 is 1.50 bits per heavy atom. The SMILES string of the molecule is CC(C)OCC(=O)N1CCC(Cl)CC1. The molecule has 0 saturated carbocycles. The average Bonchev–Trinajstić information content (AvgIpc) is 2.15. The van der Waals surface area contributed by atoms with Crippen molar-refractivity contribution in [3.05, 3.63) is 0 Å². The molecule has 1 aliphatic rings. The van der Waals surface area contributed by atoms with Gasteiger partial charge in [-0.1, -0.05) is 0 Å². The van der Waals surface area contributed by atoms with E-state index in [-0.39, 0.29) is 24.0 Å². The van der Waals surface area contributed by atoms with Gasteiger partial charge in [0.25, 0.3) is 0 Å². The summed E-state index contributed by atoms with van der Waals surface area (Å²) < 4.78 is 5.26. The van der Waals surface area contributed by atoms with Gasteiger partial charge in [-0.2, -0.15) is 0 Å². The van der Waals surface area contributed by atoms with Gasteiger partial charge in [-0.15, -0.1) is 11.6 Å². The summed E-state index contributed by atoms with van der Waals surface area (Å²) in [5.74, 6) is 0.0854. The van der Waals surface area contributed by atoms with E-state index in [1.54, 1.807) is 0 Å². The lowest BCUT2D eigenvalue weighted by Gasteiger charge is -2.29. The van der Waals surface area contributed by atoms with Crippen molar-refractivity contribution in [2.45, 2.75) is 38.2 Å². The highest BCUT2D eigenvalue weighted by Gasteiger charge is 2.21. The third-order valence-corrected chi connectivity index (χ3v) is 2.75. The molecule has 1 rings (SSSR count). The fourth-order valence-corrected chi connectivity index (χ4v) is 1.62. The van der Waals surface area contributed by atoms with Crippen molar-refractivity contribution in [1.29, 1.82) is 0 Å². The van der Waals surface area contributed by atoms with E-state index in [1.807, 2.05) is 18.7 Å². The summed E-state index contributed by atoms with van der Waals surface area (Å²) in [5, 5.41) is 0.241. The van der Waals surface area contributed by atoms with Gasteiger partial charge in [0.2, 0.25) is 5.91 Å². The molecule has 0 aliphatic carbocycles. The summed E-state index contributed by atoms with van der Waals surface area (Å²) in [6.07, 6.45) is 1.91. The first kappa shape index (κ1) is 11.8. The largest absolute Gasteiger partial charge is 0.369 e. The topological polar surface area (TPSA) is 29.5 Å². The Labute approximate surface area is 90.4 Å². The van der Waals surface area contributed by atoms with E-state index in [0.29, 0.717) is 0 Å². The molecule has 82 valence electrons. The number of halogens is 1. The van der Waals surface area contributed by atoms with Crippen molar-refractivity contribution in [2.75, 3.05) is 19.7 Å². The number of likely N-dealkylation sites (tertiary alicyclic amines) is 1. The molecular formula is C10H18ClNO2. The third kappa shape index (κ3) is 3.84. The highest BCUT2D eigenvalue weighted by atomic mass is 35.5. The van der Waals surface area contributed by atoms with Crippen LogP contribution < -0.4 is 0 Å². The van der Waals surface area contributed by atoms with Crippen molar-refractivity contribution < 1.29 is 9.53 Å². The van der Waals surface area contributed by atoms with Gasteiger partial charge in [-0.05, 0) is 26.7 Å². The maximum Gasteiger partial charge on any atom is 0.248 e. The van der Waals surface area contributed by atoms with Crippen LogP contribution >= 0.6 is 11.6 Å². The van der Waals surface area contributed by atoms with Crippen molar-refractivity contribution in [3.8, 4) is 0 Å². The first-order valence-corrected chi connectivity index (χ1v) is 5.56. The summed E-state index contributed by atoms with van der Waals surface area (Å²) in [6, 6.07) is 0. The lowest BCUT2D eigenvalue weighted by molar-refractivity contribution is -0.138. The van der Waals surface area contributed by atoms with Crippen LogP contribution in [0.1, 0.15) is 26.7 Å². The van der Waals surface area contributed by atoms with Gasteiger partial charge in [-0.3, -0.25) is 4.79 Å². The van der Waals surface area contributed by atoms with Gasteiger partial charge in [0.15, 0.2) is 0 Å². The molecule has 0 bridgehead atoms. The van der Waals surface area contributed by atoms with Crippen LogP contribution in [-0.2, 0) is 9.53 Å². The second-order valence-corrected chi connectivity index (χ2v) is 4.53. The maximum absolute atomic E-state index is 11.6. The van der Waals surface area contributed by atoms with Crippen LogP contribution in [0.3, 0.4) is 0 Å². The highest BCUT2D eigenvalue weighted by Crippen LogP contribution is 2.15. The summed E-state index contributed by atoms with van der Waals surface area (Å²) in [5.41, 5.74) is 0. The van der Waals surface area contributed by atoms with E-state index in [4.69, 9.17) is 16.3 Å². The van der Waals surface area contributed by atoms with Crippen LogP contribution in [0.2, 0.25) is 0 Å².